The Labute approximate surface area is 243 Å². The number of nitrogens with one attached hydrogen (secondary N) is 2. The Balaban J connectivity index is 1.49. The second-order valence-corrected chi connectivity index (χ2v) is 10.0. The number of ether oxygens (including phenoxy) is 1. The van der Waals surface area contributed by atoms with E-state index in [2.05, 4.69) is 10.6 Å². The van der Waals surface area contributed by atoms with Gasteiger partial charge in [-0.1, -0.05) is 54.6 Å². The fourth-order valence-corrected chi connectivity index (χ4v) is 5.58. The number of hydrogen-bond acceptors (Lipinski definition) is 7. The van der Waals surface area contributed by atoms with Crippen LogP contribution in [-0.2, 0) is 22.6 Å². The molecule has 0 radical (unpaired) electrons. The van der Waals surface area contributed by atoms with E-state index in [1.54, 1.807) is 34.2 Å². The molecule has 2 aliphatic heterocycles. The normalized spacial score (nSPS) is 18.4. The number of nitriles is 1. The predicted octanol–water partition coefficient (Wildman–Crippen LogP) is 2.06. The monoisotopic (exact) mass is 569 g/mol. The van der Waals surface area contributed by atoms with Gasteiger partial charge in [-0.05, 0) is 34.0 Å². The Kier molecular flexibility index (Phi) is 8.21. The quantitative estimate of drug-likeness (QED) is 0.416. The molecule has 0 aromatic heterocycles. The average Bonchev–Trinajstić information content (AvgIpc) is 3.33. The first-order valence-electron chi connectivity index (χ1n) is 13.5. The molecule has 3 aromatic rings. The summed E-state index contributed by atoms with van der Waals surface area (Å²) >= 11 is 0. The number of carbonyl (C=O) groups excluding carboxylic acids is 4. The van der Waals surface area contributed by atoms with Crippen LogP contribution in [-0.4, -0.2) is 89.7 Å². The molecule has 0 bridgehead atoms. The van der Waals surface area contributed by atoms with Gasteiger partial charge in [0.05, 0.1) is 19.2 Å². The molecule has 42 heavy (non-hydrogen) atoms. The SMILES string of the molecule is CNC(=O)Oc1ccc(C[C@H]2C(=O)N(Cc3cccc4ccccc34)C[C@H]3N2C(=O)CN3N(CC#N)C(=O)NC)cc1. The third kappa shape index (κ3) is 5.55. The molecule has 2 fully saturated rings. The van der Waals surface area contributed by atoms with E-state index in [9.17, 15) is 24.4 Å². The lowest BCUT2D eigenvalue weighted by Crippen LogP contribution is -2.65. The summed E-state index contributed by atoms with van der Waals surface area (Å²) in [6.07, 6.45) is -1.05. The van der Waals surface area contributed by atoms with E-state index in [4.69, 9.17) is 4.74 Å². The molecule has 0 unspecified atom stereocenters. The number of hydrazine groups is 1. The summed E-state index contributed by atoms with van der Waals surface area (Å²) < 4.78 is 5.16. The fraction of sp³-hybridized carbons (Fsp3) is 0.300. The minimum Gasteiger partial charge on any atom is -0.410 e. The molecule has 0 aliphatic carbocycles. The van der Waals surface area contributed by atoms with Crippen molar-refractivity contribution < 1.29 is 23.9 Å². The zero-order valence-electron chi connectivity index (χ0n) is 23.3. The van der Waals surface area contributed by atoms with E-state index in [0.29, 0.717) is 12.3 Å². The van der Waals surface area contributed by atoms with Crippen LogP contribution in [0.1, 0.15) is 11.1 Å². The lowest BCUT2D eigenvalue weighted by Gasteiger charge is -2.46. The van der Waals surface area contributed by atoms with Gasteiger partial charge < -0.3 is 25.2 Å². The molecule has 5 rings (SSSR count). The second-order valence-electron chi connectivity index (χ2n) is 10.0. The Morgan fingerprint density at radius 1 is 1.02 bits per heavy atom. The van der Waals surface area contributed by atoms with Crippen molar-refractivity contribution >= 4 is 34.7 Å². The maximum atomic E-state index is 14.1. The molecule has 0 spiro atoms. The first kappa shape index (κ1) is 28.4. The average molecular weight is 570 g/mol. The number of urea groups is 1. The lowest BCUT2D eigenvalue weighted by atomic mass is 9.99. The highest BCUT2D eigenvalue weighted by Gasteiger charge is 2.52. The molecule has 2 saturated heterocycles. The van der Waals surface area contributed by atoms with Gasteiger partial charge in [0, 0.05) is 27.1 Å². The molecule has 2 heterocycles. The summed E-state index contributed by atoms with van der Waals surface area (Å²) in [5, 5.41) is 19.2. The van der Waals surface area contributed by atoms with E-state index in [-0.39, 0.29) is 37.9 Å². The zero-order valence-corrected chi connectivity index (χ0v) is 23.3. The third-order valence-electron chi connectivity index (χ3n) is 7.55. The van der Waals surface area contributed by atoms with Crippen molar-refractivity contribution in [3.8, 4) is 11.8 Å². The maximum absolute atomic E-state index is 14.1. The summed E-state index contributed by atoms with van der Waals surface area (Å²) in [4.78, 5) is 55.1. The highest BCUT2D eigenvalue weighted by Crippen LogP contribution is 2.31. The number of fused-ring (bicyclic) bond motifs is 2. The third-order valence-corrected chi connectivity index (χ3v) is 7.55. The summed E-state index contributed by atoms with van der Waals surface area (Å²) in [5.41, 5.74) is 1.72. The van der Waals surface area contributed by atoms with Crippen molar-refractivity contribution in [1.29, 1.82) is 5.26 Å². The van der Waals surface area contributed by atoms with E-state index >= 15 is 0 Å². The van der Waals surface area contributed by atoms with Crippen molar-refractivity contribution in [3.05, 3.63) is 77.9 Å². The predicted molar refractivity (Wildman–Crippen MR) is 152 cm³/mol. The fourth-order valence-electron chi connectivity index (χ4n) is 5.58. The van der Waals surface area contributed by atoms with Crippen molar-refractivity contribution in [3.63, 3.8) is 0 Å². The molecular weight excluding hydrogens is 538 g/mol. The molecule has 2 N–H and O–H groups in total. The summed E-state index contributed by atoms with van der Waals surface area (Å²) in [7, 11) is 2.92. The van der Waals surface area contributed by atoms with Gasteiger partial charge in [-0.15, -0.1) is 0 Å². The van der Waals surface area contributed by atoms with Gasteiger partial charge in [0.15, 0.2) is 0 Å². The van der Waals surface area contributed by atoms with Crippen molar-refractivity contribution in [1.82, 2.24) is 30.5 Å². The van der Waals surface area contributed by atoms with Gasteiger partial charge >= 0.3 is 12.1 Å². The van der Waals surface area contributed by atoms with Gasteiger partial charge in [-0.3, -0.25) is 9.59 Å². The molecule has 2 aliphatic rings. The van der Waals surface area contributed by atoms with Crippen LogP contribution in [0.15, 0.2) is 66.7 Å². The molecule has 0 saturated carbocycles. The second kappa shape index (κ2) is 12.2. The lowest BCUT2D eigenvalue weighted by molar-refractivity contribution is -0.157. The van der Waals surface area contributed by atoms with Crippen molar-refractivity contribution in [2.24, 2.45) is 0 Å². The van der Waals surface area contributed by atoms with Crippen LogP contribution in [0.5, 0.6) is 5.75 Å². The van der Waals surface area contributed by atoms with Gasteiger partial charge in [-0.25, -0.2) is 14.6 Å². The number of nitrogens with zero attached hydrogens (tertiary/aromatic N) is 5. The first-order valence-corrected chi connectivity index (χ1v) is 13.5. The van der Waals surface area contributed by atoms with Crippen LogP contribution in [0, 0.1) is 11.3 Å². The van der Waals surface area contributed by atoms with Crippen LogP contribution in [0.4, 0.5) is 9.59 Å². The van der Waals surface area contributed by atoms with E-state index in [1.165, 1.54) is 24.0 Å². The molecular formula is C30H31N7O5. The van der Waals surface area contributed by atoms with Gasteiger partial charge in [0.2, 0.25) is 11.8 Å². The van der Waals surface area contributed by atoms with E-state index in [1.807, 2.05) is 48.5 Å². The minimum absolute atomic E-state index is 0.148. The number of piperazine rings is 1. The molecule has 12 heteroatoms. The molecule has 216 valence electrons. The smallest absolute Gasteiger partial charge is 0.410 e. The molecule has 12 nitrogen and oxygen atoms in total. The maximum Gasteiger partial charge on any atom is 0.412 e. The van der Waals surface area contributed by atoms with Crippen molar-refractivity contribution in [2.45, 2.75) is 25.2 Å². The van der Waals surface area contributed by atoms with Gasteiger partial charge in [0.25, 0.3) is 0 Å². The Bertz CT molecular complexity index is 1550. The molecule has 2 atom stereocenters. The Morgan fingerprint density at radius 3 is 2.48 bits per heavy atom. The Hall–Kier alpha value is -5.15. The minimum atomic E-state index is -0.851. The van der Waals surface area contributed by atoms with Crippen LogP contribution in [0.3, 0.4) is 0 Å². The largest absolute Gasteiger partial charge is 0.412 e. The number of hydrogen-bond donors (Lipinski definition) is 2. The van der Waals surface area contributed by atoms with Gasteiger partial charge in [0.1, 0.15) is 24.5 Å². The molecule has 3 aromatic carbocycles. The topological polar surface area (TPSA) is 138 Å². The first-order chi connectivity index (χ1) is 20.3. The van der Waals surface area contributed by atoms with E-state index < -0.39 is 24.3 Å². The summed E-state index contributed by atoms with van der Waals surface area (Å²) in [6.45, 7) is 0.0545. The van der Waals surface area contributed by atoms with Crippen LogP contribution in [0.2, 0.25) is 0 Å². The zero-order chi connectivity index (χ0) is 29.8. The van der Waals surface area contributed by atoms with Crippen LogP contribution >= 0.6 is 0 Å². The summed E-state index contributed by atoms with van der Waals surface area (Å²) in [5.74, 6) is -0.189. The number of amides is 5. The van der Waals surface area contributed by atoms with E-state index in [0.717, 1.165) is 21.9 Å². The highest BCUT2D eigenvalue weighted by atomic mass is 16.5. The van der Waals surface area contributed by atoms with Crippen LogP contribution < -0.4 is 15.4 Å². The number of benzene rings is 3. The molecule has 5 amide bonds. The van der Waals surface area contributed by atoms with Crippen LogP contribution in [0.25, 0.3) is 10.8 Å². The standard InChI is InChI=1S/C30H31N7O5/c1-32-29(40)35(15-14-31)36-19-27(38)37-25(16-20-10-12-23(13-11-20)42-30(41)33-2)28(39)34(18-26(36)37)17-22-8-5-7-21-6-3-4-9-24(21)22/h3-13,25-26H,15-19H2,1-2H3,(H,32,40)(H,33,41)/t25-,26+/m0/s1. The van der Waals surface area contributed by atoms with Crippen molar-refractivity contribution in [2.75, 3.05) is 33.7 Å². The number of carbonyl (C=O) groups is 4. The number of rotatable bonds is 7. The van der Waals surface area contributed by atoms with Gasteiger partial charge in [-0.2, -0.15) is 10.3 Å². The highest BCUT2D eigenvalue weighted by molar-refractivity contribution is 5.92. The summed E-state index contributed by atoms with van der Waals surface area (Å²) in [6, 6.07) is 21.2. The Morgan fingerprint density at radius 2 is 1.76 bits per heavy atom.